The van der Waals surface area contributed by atoms with Crippen LogP contribution in [0.2, 0.25) is 0 Å². The summed E-state index contributed by atoms with van der Waals surface area (Å²) in [7, 11) is 0. The Morgan fingerprint density at radius 2 is 2.04 bits per heavy atom. The van der Waals surface area contributed by atoms with Gasteiger partial charge in [-0.25, -0.2) is 4.98 Å². The third kappa shape index (κ3) is 6.87. The molecule has 0 radical (unpaired) electrons. The number of amides is 1. The Morgan fingerprint density at radius 1 is 1.30 bits per heavy atom. The Morgan fingerprint density at radius 3 is 2.65 bits per heavy atom. The molecule has 1 heterocycles. The minimum atomic E-state index is -4.30. The molecule has 0 fully saturated rings. The average Bonchev–Trinajstić information content (AvgIpc) is 2.98. The van der Waals surface area contributed by atoms with Gasteiger partial charge in [0.15, 0.2) is 0 Å². The standard InChI is InChI=1S/C15H13F3N2OS2/c16-15(17,18)23-12-4-1-11(2-5-12)3-6-13(21)19-8-7-14-20-9-10-22-14/h1-6,9-10H,7-8H2,(H,19,21)/b6-3+. The second-order valence-corrected chi connectivity index (χ2v) is 6.53. The number of aromatic nitrogens is 1. The summed E-state index contributed by atoms with van der Waals surface area (Å²) in [5.41, 5.74) is -3.64. The van der Waals surface area contributed by atoms with Gasteiger partial charge in [0.1, 0.15) is 0 Å². The summed E-state index contributed by atoms with van der Waals surface area (Å²) in [6.45, 7) is 0.484. The number of halogens is 3. The molecule has 0 aliphatic heterocycles. The van der Waals surface area contributed by atoms with Crippen molar-refractivity contribution in [2.45, 2.75) is 16.8 Å². The van der Waals surface area contributed by atoms with Crippen LogP contribution in [0.3, 0.4) is 0 Å². The number of thioether (sulfide) groups is 1. The zero-order valence-electron chi connectivity index (χ0n) is 11.8. The SMILES string of the molecule is O=C(/C=C/c1ccc(SC(F)(F)F)cc1)NCCc1nccs1. The molecule has 2 aromatic rings. The summed E-state index contributed by atoms with van der Waals surface area (Å²) in [6, 6.07) is 5.82. The summed E-state index contributed by atoms with van der Waals surface area (Å²) >= 11 is 1.36. The molecule has 0 atom stereocenters. The highest BCUT2D eigenvalue weighted by Gasteiger charge is 2.28. The van der Waals surface area contributed by atoms with E-state index in [1.165, 1.54) is 41.7 Å². The number of hydrogen-bond acceptors (Lipinski definition) is 4. The fraction of sp³-hybridized carbons (Fsp3) is 0.200. The summed E-state index contributed by atoms with van der Waals surface area (Å²) in [5.74, 6) is -0.254. The first-order valence-corrected chi connectivity index (χ1v) is 8.32. The predicted octanol–water partition coefficient (Wildman–Crippen LogP) is 4.13. The molecule has 3 nitrogen and oxygen atoms in total. The number of nitrogens with zero attached hydrogens (tertiary/aromatic N) is 1. The molecule has 8 heteroatoms. The number of alkyl halides is 3. The minimum absolute atomic E-state index is 0.113. The molecule has 0 aliphatic rings. The van der Waals surface area contributed by atoms with E-state index < -0.39 is 5.51 Å². The Kier molecular flexibility index (Phi) is 6.23. The monoisotopic (exact) mass is 358 g/mol. The van der Waals surface area contributed by atoms with Crippen molar-refractivity contribution in [2.24, 2.45) is 0 Å². The lowest BCUT2D eigenvalue weighted by Gasteiger charge is -2.05. The van der Waals surface area contributed by atoms with Gasteiger partial charge in [0.05, 0.1) is 5.01 Å². The molecule has 0 spiro atoms. The number of rotatable bonds is 6. The van der Waals surface area contributed by atoms with Gasteiger partial charge in [-0.05, 0) is 35.5 Å². The van der Waals surface area contributed by atoms with Gasteiger partial charge in [-0.3, -0.25) is 4.79 Å². The van der Waals surface area contributed by atoms with E-state index in [1.54, 1.807) is 12.3 Å². The molecule has 0 aliphatic carbocycles. The maximum absolute atomic E-state index is 12.2. The first kappa shape index (κ1) is 17.6. The normalized spacial score (nSPS) is 11.8. The third-order valence-electron chi connectivity index (χ3n) is 2.66. The quantitative estimate of drug-likeness (QED) is 0.624. The second-order valence-electron chi connectivity index (χ2n) is 4.42. The van der Waals surface area contributed by atoms with Crippen molar-refractivity contribution >= 4 is 35.1 Å². The number of benzene rings is 1. The van der Waals surface area contributed by atoms with E-state index in [9.17, 15) is 18.0 Å². The highest BCUT2D eigenvalue weighted by Crippen LogP contribution is 2.36. The van der Waals surface area contributed by atoms with Crippen molar-refractivity contribution in [1.82, 2.24) is 10.3 Å². The molecule has 0 bridgehead atoms. The van der Waals surface area contributed by atoms with Gasteiger partial charge >= 0.3 is 5.51 Å². The molecule has 122 valence electrons. The van der Waals surface area contributed by atoms with Crippen LogP contribution in [-0.2, 0) is 11.2 Å². The Balaban J connectivity index is 1.78. The molecule has 1 aromatic carbocycles. The van der Waals surface area contributed by atoms with Gasteiger partial charge in [-0.2, -0.15) is 13.2 Å². The molecule has 23 heavy (non-hydrogen) atoms. The van der Waals surface area contributed by atoms with Crippen molar-refractivity contribution in [2.75, 3.05) is 6.54 Å². The largest absolute Gasteiger partial charge is 0.446 e. The molecular weight excluding hydrogens is 345 g/mol. The van der Waals surface area contributed by atoms with Crippen LogP contribution >= 0.6 is 23.1 Å². The number of hydrogen-bond donors (Lipinski definition) is 1. The summed E-state index contributed by atoms with van der Waals surface area (Å²) in [6.07, 6.45) is 5.29. The van der Waals surface area contributed by atoms with Gasteiger partial charge < -0.3 is 5.32 Å². The maximum Gasteiger partial charge on any atom is 0.446 e. The Labute approximate surface area is 139 Å². The van der Waals surface area contributed by atoms with Crippen molar-refractivity contribution in [3.63, 3.8) is 0 Å². The Hall–Kier alpha value is -1.80. The van der Waals surface area contributed by atoms with Crippen molar-refractivity contribution in [3.8, 4) is 0 Å². The molecule has 0 saturated carbocycles. The maximum atomic E-state index is 12.2. The molecule has 1 aromatic heterocycles. The molecule has 0 unspecified atom stereocenters. The van der Waals surface area contributed by atoms with Crippen LogP contribution in [-0.4, -0.2) is 22.9 Å². The number of nitrogens with one attached hydrogen (secondary N) is 1. The van der Waals surface area contributed by atoms with E-state index >= 15 is 0 Å². The lowest BCUT2D eigenvalue weighted by atomic mass is 10.2. The minimum Gasteiger partial charge on any atom is -0.352 e. The summed E-state index contributed by atoms with van der Waals surface area (Å²) in [5, 5.41) is 5.55. The fourth-order valence-corrected chi connectivity index (χ4v) is 2.84. The lowest BCUT2D eigenvalue weighted by Crippen LogP contribution is -2.23. The number of carbonyl (C=O) groups is 1. The van der Waals surface area contributed by atoms with Crippen LogP contribution < -0.4 is 5.32 Å². The van der Waals surface area contributed by atoms with E-state index in [0.717, 1.165) is 5.01 Å². The smallest absolute Gasteiger partial charge is 0.352 e. The fourth-order valence-electron chi connectivity index (χ4n) is 1.68. The lowest BCUT2D eigenvalue weighted by molar-refractivity contribution is -0.116. The molecular formula is C15H13F3N2OS2. The van der Waals surface area contributed by atoms with Gasteiger partial charge in [-0.1, -0.05) is 12.1 Å². The summed E-state index contributed by atoms with van der Waals surface area (Å²) < 4.78 is 36.6. The third-order valence-corrected chi connectivity index (χ3v) is 4.24. The zero-order valence-corrected chi connectivity index (χ0v) is 13.5. The van der Waals surface area contributed by atoms with E-state index in [2.05, 4.69) is 10.3 Å². The van der Waals surface area contributed by atoms with Crippen molar-refractivity contribution in [3.05, 3.63) is 52.5 Å². The van der Waals surface area contributed by atoms with E-state index in [-0.39, 0.29) is 22.6 Å². The summed E-state index contributed by atoms with van der Waals surface area (Å²) in [4.78, 5) is 15.9. The highest BCUT2D eigenvalue weighted by atomic mass is 32.2. The van der Waals surface area contributed by atoms with Gasteiger partial charge in [0, 0.05) is 35.5 Å². The molecule has 2 rings (SSSR count). The van der Waals surface area contributed by atoms with Gasteiger partial charge in [0.25, 0.3) is 0 Å². The first-order chi connectivity index (χ1) is 10.9. The van der Waals surface area contributed by atoms with Gasteiger partial charge in [-0.15, -0.1) is 11.3 Å². The second kappa shape index (κ2) is 8.16. The number of thiazole rings is 1. The zero-order chi connectivity index (χ0) is 16.7. The topological polar surface area (TPSA) is 42.0 Å². The number of carbonyl (C=O) groups excluding carboxylic acids is 1. The van der Waals surface area contributed by atoms with Crippen LogP contribution in [0.15, 0.2) is 46.8 Å². The van der Waals surface area contributed by atoms with Crippen LogP contribution in [0.5, 0.6) is 0 Å². The van der Waals surface area contributed by atoms with Crippen molar-refractivity contribution < 1.29 is 18.0 Å². The molecule has 1 N–H and O–H groups in total. The average molecular weight is 358 g/mol. The van der Waals surface area contributed by atoms with Crippen LogP contribution in [0.1, 0.15) is 10.6 Å². The van der Waals surface area contributed by atoms with Crippen LogP contribution in [0, 0.1) is 0 Å². The van der Waals surface area contributed by atoms with E-state index in [4.69, 9.17) is 0 Å². The highest BCUT2D eigenvalue weighted by molar-refractivity contribution is 8.00. The molecule has 1 amide bonds. The van der Waals surface area contributed by atoms with Gasteiger partial charge in [0.2, 0.25) is 5.91 Å². The molecule has 0 saturated heterocycles. The van der Waals surface area contributed by atoms with Crippen LogP contribution in [0.4, 0.5) is 13.2 Å². The first-order valence-electron chi connectivity index (χ1n) is 6.62. The van der Waals surface area contributed by atoms with E-state index in [1.807, 2.05) is 5.38 Å². The van der Waals surface area contributed by atoms with Crippen molar-refractivity contribution in [1.29, 1.82) is 0 Å². The van der Waals surface area contributed by atoms with E-state index in [0.29, 0.717) is 18.5 Å². The predicted molar refractivity (Wildman–Crippen MR) is 86.2 cm³/mol. The Bertz CT molecular complexity index is 652. The van der Waals surface area contributed by atoms with Crippen LogP contribution in [0.25, 0.3) is 6.08 Å².